The second-order valence-corrected chi connectivity index (χ2v) is 26.6. The highest BCUT2D eigenvalue weighted by molar-refractivity contribution is 6.32. The van der Waals surface area contributed by atoms with Crippen LogP contribution in [0.3, 0.4) is 0 Å². The molecule has 6 aromatic carbocycles. The molecule has 12 aromatic rings. The predicted octanol–water partition coefficient (Wildman–Crippen LogP) is 15.8. The van der Waals surface area contributed by atoms with Crippen LogP contribution < -0.4 is 30.2 Å². The lowest BCUT2D eigenvalue weighted by Gasteiger charge is -2.20. The van der Waals surface area contributed by atoms with Gasteiger partial charge in [0.25, 0.3) is 0 Å². The third-order valence-corrected chi connectivity index (χ3v) is 17.9. The molecule has 0 aliphatic rings. The Balaban J connectivity index is 0.000000180. The zero-order valence-corrected chi connectivity index (χ0v) is 64.4. The maximum absolute atomic E-state index is 14.3. The van der Waals surface area contributed by atoms with Gasteiger partial charge in [0.2, 0.25) is 17.7 Å². The van der Waals surface area contributed by atoms with E-state index in [-0.39, 0.29) is 46.0 Å². The molecule has 3 N–H and O–H groups in total. The standard InChI is InChI=1S/3C26H26ClF2N5O3/c2*1-14-8-20(26-30-13-31-34(26)4)18-6-5-7-23(25(18)32-14)37-11-21-19(9-17(29)10-22(21)27)15(2)33-24(35)12-36-16(3)28;1-14-8-23(34-17(4)30-13-31-34)19-6-5-7-24(26(19)32-14)37-11-21-20(9-18(29)10-22(21)27)15(2)33-25(35)12-36-16(3)28/h3*5-10,13,15-16H,11-12H2,1-4H3,(H,33,35)/t3*15-,16?/m000/s1/i2*15D;. The summed E-state index contributed by atoms with van der Waals surface area (Å²) in [6.07, 6.45) is -0.470. The molecule has 0 saturated carbocycles. The van der Waals surface area contributed by atoms with E-state index in [1.807, 2.05) is 82.3 Å². The van der Waals surface area contributed by atoms with E-state index in [0.29, 0.717) is 67.7 Å². The maximum atomic E-state index is 14.3. The normalized spacial score (nSPS) is 13.8. The highest BCUT2D eigenvalue weighted by atomic mass is 35.5. The first-order valence-electron chi connectivity index (χ1n) is 35.3. The van der Waals surface area contributed by atoms with Gasteiger partial charge in [0.15, 0.2) is 30.7 Å². The number of pyridine rings is 3. The molecule has 582 valence electrons. The summed E-state index contributed by atoms with van der Waals surface area (Å²) < 4.78 is 137. The number of alkyl halides is 3. The van der Waals surface area contributed by atoms with Crippen molar-refractivity contribution in [3.05, 3.63) is 217 Å². The first-order chi connectivity index (χ1) is 53.5. The smallest absolute Gasteiger partial charge is 0.246 e. The SMILES string of the molecule is Cc1cc(-n2ncnc2C)c2cccc(OCc3c(Cl)cc(F)cc3[C@H](C)NC(=O)COC(C)F)c2n1.[2H][C@@](C)(NC(=O)COC(C)F)c1cc(F)cc(Cl)c1COc1cccc2c(-c3ncnn3C)cc(C)nc12.[2H][C@@](C)(NC(=O)COC(C)F)c1cc(F)cc(Cl)c1COc1cccc2c(-c3ncnn3C)cc(C)nc12. The average molecular weight is 1590 g/mol. The fraction of sp³-hybridized carbons (Fsp3) is 0.308. The first kappa shape index (κ1) is 79.7. The van der Waals surface area contributed by atoms with Gasteiger partial charge in [-0.1, -0.05) is 71.2 Å². The summed E-state index contributed by atoms with van der Waals surface area (Å²) in [4.78, 5) is 63.5. The van der Waals surface area contributed by atoms with Gasteiger partial charge < -0.3 is 44.4 Å². The molecule has 0 bridgehead atoms. The van der Waals surface area contributed by atoms with Crippen molar-refractivity contribution < 1.29 is 71.9 Å². The number of aryl methyl sites for hydroxylation is 6. The van der Waals surface area contributed by atoms with Crippen molar-refractivity contribution in [2.24, 2.45) is 14.1 Å². The number of hydrogen-bond donors (Lipinski definition) is 3. The van der Waals surface area contributed by atoms with Gasteiger partial charge in [-0.05, 0) is 159 Å². The second-order valence-electron chi connectivity index (χ2n) is 25.3. The molecule has 0 aliphatic heterocycles. The van der Waals surface area contributed by atoms with Crippen LogP contribution in [0.15, 0.2) is 128 Å². The van der Waals surface area contributed by atoms with Gasteiger partial charge in [-0.25, -0.2) is 70.3 Å². The predicted molar refractivity (Wildman–Crippen MR) is 406 cm³/mol. The fourth-order valence-corrected chi connectivity index (χ4v) is 12.7. The molecule has 6 heterocycles. The van der Waals surface area contributed by atoms with Crippen molar-refractivity contribution in [3.63, 3.8) is 0 Å². The lowest BCUT2D eigenvalue weighted by molar-refractivity contribution is -0.132. The van der Waals surface area contributed by atoms with Crippen LogP contribution in [-0.2, 0) is 62.5 Å². The molecule has 0 fully saturated rings. The van der Waals surface area contributed by atoms with Gasteiger partial charge in [-0.15, -0.1) is 0 Å². The number of nitrogens with one attached hydrogen (secondary N) is 3. The third-order valence-electron chi connectivity index (χ3n) is 16.9. The molecule has 3 amide bonds. The molecular weight excluding hydrogens is 1510 g/mol. The summed E-state index contributed by atoms with van der Waals surface area (Å²) >= 11 is 19.1. The number of carbonyl (C=O) groups is 3. The van der Waals surface area contributed by atoms with Crippen molar-refractivity contribution in [1.82, 2.24) is 75.2 Å². The molecule has 3 unspecified atom stereocenters. The van der Waals surface area contributed by atoms with Gasteiger partial charge in [0, 0.05) is 75.2 Å². The van der Waals surface area contributed by atoms with Crippen molar-refractivity contribution in [2.75, 3.05) is 19.8 Å². The molecule has 24 nitrogen and oxygen atoms in total. The molecule has 6 atom stereocenters. The molecule has 111 heavy (non-hydrogen) atoms. The van der Waals surface area contributed by atoms with E-state index in [2.05, 4.69) is 70.6 Å². The number of fused-ring (bicyclic) bond motifs is 3. The highest BCUT2D eigenvalue weighted by Gasteiger charge is 2.25. The third kappa shape index (κ3) is 21.0. The average Bonchev–Trinajstić information content (AvgIpc) is 1.57. The monoisotopic (exact) mass is 1590 g/mol. The van der Waals surface area contributed by atoms with Crippen LogP contribution in [0.4, 0.5) is 26.3 Å². The zero-order valence-electron chi connectivity index (χ0n) is 64.1. The molecule has 0 spiro atoms. The topological polar surface area (TPSA) is 273 Å². The fourth-order valence-electron chi connectivity index (χ4n) is 11.9. The van der Waals surface area contributed by atoms with Crippen LogP contribution in [-0.4, -0.2) is 116 Å². The van der Waals surface area contributed by atoms with E-state index in [0.717, 1.165) is 94.0 Å². The molecule has 12 rings (SSSR count). The first-order valence-corrected chi connectivity index (χ1v) is 35.5. The van der Waals surface area contributed by atoms with Crippen molar-refractivity contribution in [2.45, 2.75) is 126 Å². The van der Waals surface area contributed by atoms with Gasteiger partial charge in [0.05, 0.1) is 41.6 Å². The largest absolute Gasteiger partial charge is 0.487 e. The molecule has 0 saturated heterocycles. The van der Waals surface area contributed by atoms with Gasteiger partial charge in [0.1, 0.15) is 116 Å². The van der Waals surface area contributed by atoms with E-state index < -0.39 is 92.1 Å². The molecule has 0 radical (unpaired) electrons. The Hall–Kier alpha value is -10.9. The number of aromatic nitrogens is 12. The lowest BCUT2D eigenvalue weighted by Crippen LogP contribution is -2.31. The number of hydrogen-bond acceptors (Lipinski definition) is 18. The van der Waals surface area contributed by atoms with Crippen LogP contribution in [0.1, 0.15) is 119 Å². The Bertz CT molecular complexity index is 5260. The van der Waals surface area contributed by atoms with Crippen LogP contribution in [0.5, 0.6) is 17.2 Å². The summed E-state index contributed by atoms with van der Waals surface area (Å²) in [5.74, 6) is -0.573. The number of ether oxygens (including phenoxy) is 6. The number of halogens is 9. The van der Waals surface area contributed by atoms with Gasteiger partial charge in [-0.2, -0.15) is 15.3 Å². The number of amides is 3. The number of carbonyl (C=O) groups excluding carboxylic acids is 3. The molecule has 6 aromatic heterocycles. The Morgan fingerprint density at radius 3 is 1.19 bits per heavy atom. The van der Waals surface area contributed by atoms with Crippen LogP contribution in [0.25, 0.3) is 61.2 Å². The van der Waals surface area contributed by atoms with Crippen molar-refractivity contribution in [1.29, 1.82) is 0 Å². The number of nitrogens with zero attached hydrogens (tertiary/aromatic N) is 12. The van der Waals surface area contributed by atoms with E-state index in [4.69, 9.17) is 56.5 Å². The second kappa shape index (κ2) is 37.2. The number of benzene rings is 6. The van der Waals surface area contributed by atoms with Crippen molar-refractivity contribution >= 4 is 85.2 Å². The Morgan fingerprint density at radius 1 is 0.468 bits per heavy atom. The Labute approximate surface area is 651 Å². The Kier molecular flexibility index (Phi) is 26.7. The summed E-state index contributed by atoms with van der Waals surface area (Å²) in [7, 11) is 3.59. The Morgan fingerprint density at radius 2 is 0.820 bits per heavy atom. The quantitative estimate of drug-likeness (QED) is 0.0404. The summed E-state index contributed by atoms with van der Waals surface area (Å²) in [5, 5.41) is 22.7. The van der Waals surface area contributed by atoms with Crippen LogP contribution in [0.2, 0.25) is 15.1 Å². The highest BCUT2D eigenvalue weighted by Crippen LogP contribution is 2.38. The molecule has 0 aliphatic carbocycles. The summed E-state index contributed by atoms with van der Waals surface area (Å²) in [6, 6.07) is 24.8. The minimum atomic E-state index is -1.82. The maximum Gasteiger partial charge on any atom is 0.246 e. The van der Waals surface area contributed by atoms with E-state index in [1.165, 1.54) is 51.9 Å². The summed E-state index contributed by atoms with van der Waals surface area (Å²) in [6.45, 7) is 13.3. The molecule has 33 heteroatoms. The van der Waals surface area contributed by atoms with E-state index in [9.17, 15) is 40.7 Å². The molecular formula is C78H78Cl3F6N15O9. The number of para-hydroxylation sites is 3. The lowest BCUT2D eigenvalue weighted by atomic mass is 10.0. The van der Waals surface area contributed by atoms with Crippen LogP contribution in [0, 0.1) is 45.1 Å². The van der Waals surface area contributed by atoms with Crippen molar-refractivity contribution in [3.8, 4) is 45.7 Å². The summed E-state index contributed by atoms with van der Waals surface area (Å²) in [5.41, 5.74) is 8.11. The van der Waals surface area contributed by atoms with Gasteiger partial charge in [-0.3, -0.25) is 14.4 Å². The minimum Gasteiger partial charge on any atom is -0.487 e. The zero-order chi connectivity index (χ0) is 81.9. The number of rotatable bonds is 27. The van der Waals surface area contributed by atoms with Gasteiger partial charge >= 0.3 is 0 Å². The van der Waals surface area contributed by atoms with Crippen LogP contribution >= 0.6 is 34.8 Å². The van der Waals surface area contributed by atoms with E-state index >= 15 is 0 Å². The minimum absolute atomic E-state index is 0.0148. The van der Waals surface area contributed by atoms with E-state index in [1.54, 1.807) is 53.3 Å².